The van der Waals surface area contributed by atoms with Gasteiger partial charge in [-0.3, -0.25) is 9.69 Å². The zero-order chi connectivity index (χ0) is 27.4. The van der Waals surface area contributed by atoms with Crippen LogP contribution in [0.15, 0.2) is 89.5 Å². The van der Waals surface area contributed by atoms with Crippen molar-refractivity contribution < 1.29 is 9.21 Å². The molecule has 1 aliphatic heterocycles. The van der Waals surface area contributed by atoms with Gasteiger partial charge in [0.25, 0.3) is 5.91 Å². The molecule has 0 aliphatic carbocycles. The van der Waals surface area contributed by atoms with Crippen molar-refractivity contribution in [3.8, 4) is 11.1 Å². The van der Waals surface area contributed by atoms with Gasteiger partial charge in [-0.05, 0) is 76.6 Å². The van der Waals surface area contributed by atoms with Crippen LogP contribution >= 0.6 is 0 Å². The third-order valence-electron chi connectivity index (χ3n) is 7.65. The van der Waals surface area contributed by atoms with Crippen molar-refractivity contribution >= 4 is 17.3 Å². The fourth-order valence-electron chi connectivity index (χ4n) is 5.34. The number of nitrogens with zero attached hydrogens (tertiary/aromatic N) is 2. The highest BCUT2D eigenvalue weighted by Gasteiger charge is 2.20. The van der Waals surface area contributed by atoms with Gasteiger partial charge >= 0.3 is 0 Å². The fourth-order valence-corrected chi connectivity index (χ4v) is 5.34. The maximum atomic E-state index is 13.6. The minimum atomic E-state index is -0.0836. The molecule has 1 aromatic heterocycles. The number of hydrogen-bond donors (Lipinski definition) is 1. The average molecular weight is 522 g/mol. The van der Waals surface area contributed by atoms with E-state index in [1.807, 2.05) is 36.4 Å². The summed E-state index contributed by atoms with van der Waals surface area (Å²) >= 11 is 0. The van der Waals surface area contributed by atoms with E-state index in [0.29, 0.717) is 17.4 Å². The molecule has 202 valence electrons. The molecule has 3 aromatic carbocycles. The maximum absolute atomic E-state index is 13.6. The van der Waals surface area contributed by atoms with Crippen LogP contribution in [-0.2, 0) is 6.54 Å². The van der Waals surface area contributed by atoms with Crippen molar-refractivity contribution in [2.45, 2.75) is 46.1 Å². The largest absolute Gasteiger partial charge is 0.468 e. The second-order valence-electron chi connectivity index (χ2n) is 11.0. The van der Waals surface area contributed by atoms with Crippen LogP contribution in [0.3, 0.4) is 0 Å². The first kappa shape index (κ1) is 26.8. The highest BCUT2D eigenvalue weighted by atomic mass is 16.3. The maximum Gasteiger partial charge on any atom is 0.256 e. The highest BCUT2D eigenvalue weighted by molar-refractivity contribution is 6.09. The molecule has 0 spiro atoms. The normalized spacial score (nSPS) is 14.3. The molecule has 5 nitrogen and oxygen atoms in total. The zero-order valence-corrected chi connectivity index (χ0v) is 23.5. The van der Waals surface area contributed by atoms with E-state index in [0.717, 1.165) is 55.3 Å². The number of nitrogens with one attached hydrogen (secondary N) is 1. The summed E-state index contributed by atoms with van der Waals surface area (Å²) in [6.07, 6.45) is 1.73. The summed E-state index contributed by atoms with van der Waals surface area (Å²) in [5.41, 5.74) is 7.26. The second kappa shape index (κ2) is 11.9. The molecule has 0 bridgehead atoms. The number of amides is 1. The molecule has 1 fully saturated rings. The lowest BCUT2D eigenvalue weighted by Gasteiger charge is -2.35. The lowest BCUT2D eigenvalue weighted by atomic mass is 9.87. The molecular weight excluding hydrogens is 482 g/mol. The molecule has 39 heavy (non-hydrogen) atoms. The summed E-state index contributed by atoms with van der Waals surface area (Å²) < 4.78 is 5.50. The number of piperazine rings is 1. The molecule has 2 heterocycles. The highest BCUT2D eigenvalue weighted by Crippen LogP contribution is 2.34. The van der Waals surface area contributed by atoms with Crippen molar-refractivity contribution in [1.29, 1.82) is 0 Å². The SMILES string of the molecule is CC(C)c1ccc(-c2c(C(=O)Nc3ccc(N4CCN(Cc5ccco5)CC4)cc3)cccc2C(C)C)cc1. The van der Waals surface area contributed by atoms with Gasteiger partial charge in [-0.2, -0.15) is 0 Å². The lowest BCUT2D eigenvalue weighted by Crippen LogP contribution is -2.45. The zero-order valence-electron chi connectivity index (χ0n) is 23.5. The summed E-state index contributed by atoms with van der Waals surface area (Å²) in [5.74, 6) is 1.70. The van der Waals surface area contributed by atoms with Gasteiger partial charge < -0.3 is 14.6 Å². The number of anilines is 2. The average Bonchev–Trinajstić information content (AvgIpc) is 3.46. The quantitative estimate of drug-likeness (QED) is 0.257. The van der Waals surface area contributed by atoms with E-state index in [4.69, 9.17) is 4.42 Å². The number of hydrogen-bond acceptors (Lipinski definition) is 4. The summed E-state index contributed by atoms with van der Waals surface area (Å²) in [6, 6.07) is 26.9. The molecule has 1 saturated heterocycles. The second-order valence-corrected chi connectivity index (χ2v) is 11.0. The minimum Gasteiger partial charge on any atom is -0.468 e. The first-order valence-corrected chi connectivity index (χ1v) is 14.0. The molecule has 0 radical (unpaired) electrons. The number of carbonyl (C=O) groups is 1. The molecule has 0 saturated carbocycles. The smallest absolute Gasteiger partial charge is 0.256 e. The van der Waals surface area contributed by atoms with Gasteiger partial charge in [0, 0.05) is 43.1 Å². The Kier molecular flexibility index (Phi) is 8.18. The predicted octanol–water partition coefficient (Wildman–Crippen LogP) is 7.77. The Morgan fingerprint density at radius 1 is 0.821 bits per heavy atom. The monoisotopic (exact) mass is 521 g/mol. The minimum absolute atomic E-state index is 0.0836. The van der Waals surface area contributed by atoms with E-state index < -0.39 is 0 Å². The number of benzene rings is 3. The van der Waals surface area contributed by atoms with Crippen molar-refractivity contribution in [3.05, 3.63) is 108 Å². The summed E-state index contributed by atoms with van der Waals surface area (Å²) in [6.45, 7) is 13.5. The Bertz CT molecular complexity index is 1370. The number of rotatable bonds is 8. The van der Waals surface area contributed by atoms with E-state index in [2.05, 4.69) is 85.3 Å². The third-order valence-corrected chi connectivity index (χ3v) is 7.65. The van der Waals surface area contributed by atoms with Crippen LogP contribution in [0.25, 0.3) is 11.1 Å². The van der Waals surface area contributed by atoms with E-state index in [1.165, 1.54) is 16.8 Å². The van der Waals surface area contributed by atoms with Crippen LogP contribution in [-0.4, -0.2) is 37.0 Å². The summed E-state index contributed by atoms with van der Waals surface area (Å²) in [5, 5.41) is 3.15. The number of carbonyl (C=O) groups excluding carboxylic acids is 1. The Hall–Kier alpha value is -3.83. The van der Waals surface area contributed by atoms with Gasteiger partial charge in [-0.15, -0.1) is 0 Å². The van der Waals surface area contributed by atoms with E-state index in [9.17, 15) is 4.79 Å². The molecule has 0 unspecified atom stereocenters. The van der Waals surface area contributed by atoms with Crippen LogP contribution < -0.4 is 10.2 Å². The van der Waals surface area contributed by atoms with Crippen LogP contribution in [0, 0.1) is 0 Å². The van der Waals surface area contributed by atoms with Gasteiger partial charge in [0.05, 0.1) is 12.8 Å². The molecule has 5 heteroatoms. The molecule has 1 amide bonds. The van der Waals surface area contributed by atoms with E-state index >= 15 is 0 Å². The first-order chi connectivity index (χ1) is 18.9. The van der Waals surface area contributed by atoms with Crippen LogP contribution in [0.5, 0.6) is 0 Å². The van der Waals surface area contributed by atoms with Crippen LogP contribution in [0.4, 0.5) is 11.4 Å². The molecule has 4 aromatic rings. The van der Waals surface area contributed by atoms with Crippen molar-refractivity contribution in [1.82, 2.24) is 4.90 Å². The topological polar surface area (TPSA) is 48.7 Å². The van der Waals surface area contributed by atoms with Gasteiger partial charge in [0.1, 0.15) is 5.76 Å². The Morgan fingerprint density at radius 3 is 2.15 bits per heavy atom. The molecule has 1 aliphatic rings. The third kappa shape index (κ3) is 6.26. The van der Waals surface area contributed by atoms with Gasteiger partial charge in [0.2, 0.25) is 0 Å². The predicted molar refractivity (Wildman–Crippen MR) is 161 cm³/mol. The Morgan fingerprint density at radius 2 is 1.54 bits per heavy atom. The van der Waals surface area contributed by atoms with Crippen LogP contribution in [0.2, 0.25) is 0 Å². The summed E-state index contributed by atoms with van der Waals surface area (Å²) in [7, 11) is 0. The summed E-state index contributed by atoms with van der Waals surface area (Å²) in [4.78, 5) is 18.4. The van der Waals surface area contributed by atoms with Crippen LogP contribution in [0.1, 0.15) is 66.8 Å². The fraction of sp³-hybridized carbons (Fsp3) is 0.324. The van der Waals surface area contributed by atoms with Gasteiger partial charge in [-0.1, -0.05) is 64.1 Å². The van der Waals surface area contributed by atoms with Crippen molar-refractivity contribution in [2.24, 2.45) is 0 Å². The van der Waals surface area contributed by atoms with Crippen molar-refractivity contribution in [3.63, 3.8) is 0 Å². The molecular formula is C34H39N3O2. The molecule has 0 atom stereocenters. The first-order valence-electron chi connectivity index (χ1n) is 14.0. The van der Waals surface area contributed by atoms with Crippen molar-refractivity contribution in [2.75, 3.05) is 36.4 Å². The van der Waals surface area contributed by atoms with Gasteiger partial charge in [-0.25, -0.2) is 0 Å². The molecule has 1 N–H and O–H groups in total. The number of furan rings is 1. The standard InChI is InChI=1S/C34H39N3O2/c1-24(2)26-10-12-27(13-11-26)33-31(25(3)4)8-5-9-32(33)34(38)35-28-14-16-29(17-15-28)37-20-18-36(19-21-37)23-30-7-6-22-39-30/h5-17,22,24-25H,18-21,23H2,1-4H3,(H,35,38). The lowest BCUT2D eigenvalue weighted by molar-refractivity contribution is 0.102. The van der Waals surface area contributed by atoms with E-state index in [1.54, 1.807) is 6.26 Å². The Labute approximate surface area is 232 Å². The van der Waals surface area contributed by atoms with E-state index in [-0.39, 0.29) is 5.91 Å². The molecule has 5 rings (SSSR count). The van der Waals surface area contributed by atoms with Gasteiger partial charge in [0.15, 0.2) is 0 Å². The Balaban J connectivity index is 1.28.